The number of anilines is 1. The minimum Gasteiger partial charge on any atom is -0.505 e. The van der Waals surface area contributed by atoms with E-state index in [0.717, 1.165) is 32.9 Å². The number of aliphatic imine (C=N–C) groups is 1. The van der Waals surface area contributed by atoms with Gasteiger partial charge in [-0.05, 0) is 53.9 Å². The summed E-state index contributed by atoms with van der Waals surface area (Å²) in [6, 6.07) is 30.2. The van der Waals surface area contributed by atoms with Gasteiger partial charge in [0.2, 0.25) is 0 Å². The Balaban J connectivity index is 1.16. The molecule has 8 rings (SSSR count). The smallest absolute Gasteiger partial charge is 0.259 e. The van der Waals surface area contributed by atoms with Crippen LogP contribution in [0.3, 0.4) is 0 Å². The summed E-state index contributed by atoms with van der Waals surface area (Å²) < 4.78 is 0. The zero-order valence-electron chi connectivity index (χ0n) is 25.6. The molecule has 246 valence electrons. The number of para-hydroxylation sites is 2. The zero-order chi connectivity index (χ0) is 34.5. The number of fused-ring (bicyclic) bond motifs is 6. The first-order chi connectivity index (χ1) is 24.3. The minimum atomic E-state index is -0.491. The summed E-state index contributed by atoms with van der Waals surface area (Å²) in [5, 5.41) is 27.1. The molecule has 0 spiro atoms. The summed E-state index contributed by atoms with van der Waals surface area (Å²) in [4.78, 5) is 26.5. The topological polar surface area (TPSA) is 123 Å². The Morgan fingerprint density at radius 1 is 0.740 bits per heavy atom. The van der Waals surface area contributed by atoms with Gasteiger partial charge < -0.3 is 15.4 Å². The number of azo groups is 1. The lowest BCUT2D eigenvalue weighted by molar-refractivity contribution is 0.0983. The number of benzene rings is 6. The van der Waals surface area contributed by atoms with Crippen molar-refractivity contribution in [2.24, 2.45) is 15.2 Å². The van der Waals surface area contributed by atoms with Gasteiger partial charge in [0, 0.05) is 27.2 Å². The number of halogens is 4. The quantitative estimate of drug-likeness (QED) is 0.0562. The molecule has 0 bridgehead atoms. The van der Waals surface area contributed by atoms with Crippen molar-refractivity contribution in [2.75, 3.05) is 5.48 Å². The van der Waals surface area contributed by atoms with Crippen LogP contribution in [0.15, 0.2) is 112 Å². The zero-order valence-corrected chi connectivity index (χ0v) is 28.6. The Hall–Kier alpha value is -5.16. The van der Waals surface area contributed by atoms with Crippen LogP contribution in [0.5, 0.6) is 5.75 Å². The number of H-pyrrole nitrogens is 1. The van der Waals surface area contributed by atoms with Crippen LogP contribution < -0.4 is 10.8 Å². The second-order valence-corrected chi connectivity index (χ2v) is 12.9. The van der Waals surface area contributed by atoms with Crippen LogP contribution in [-0.4, -0.2) is 21.8 Å². The predicted molar refractivity (Wildman–Crippen MR) is 201 cm³/mol. The SMILES string of the molecule is O=C1NC(=Nc2ccc(N=Nc3c(O)c(CONc4ccccc4)cc4ccc5c6ccccc6[nH]c5c34)cc2)c2c(Cl)c(Cl)c(Cl)c(Cl)c21. The van der Waals surface area contributed by atoms with Gasteiger partial charge in [0.15, 0.2) is 0 Å². The molecule has 6 aromatic carbocycles. The van der Waals surface area contributed by atoms with E-state index < -0.39 is 5.91 Å². The highest BCUT2D eigenvalue weighted by atomic mass is 35.5. The molecular formula is C37H22Cl4N6O3. The molecule has 9 nitrogen and oxygen atoms in total. The number of phenolic OH excluding ortho intramolecular Hbond substituents is 1. The van der Waals surface area contributed by atoms with E-state index in [0.29, 0.717) is 22.3 Å². The van der Waals surface area contributed by atoms with Gasteiger partial charge in [-0.15, -0.1) is 5.11 Å². The van der Waals surface area contributed by atoms with Crippen LogP contribution in [-0.2, 0) is 11.4 Å². The largest absolute Gasteiger partial charge is 0.505 e. The van der Waals surface area contributed by atoms with Gasteiger partial charge in [0.1, 0.15) is 23.9 Å². The molecule has 0 saturated carbocycles. The molecule has 50 heavy (non-hydrogen) atoms. The standard InChI is InChI=1S/C37H22Cl4N6O3/c38-29-27-28(30(39)32(41)31(29)40)37(49)44-36(27)42-20-11-13-21(14-12-20)45-46-34-26-18(10-15-24-23-8-4-5-9-25(23)43-33(24)26)16-19(35(34)48)17-50-47-22-6-2-1-3-7-22/h1-16,43,47-48H,17H2,(H,42,44,49). The first kappa shape index (κ1) is 32.1. The highest BCUT2D eigenvalue weighted by molar-refractivity contribution is 6.55. The van der Waals surface area contributed by atoms with E-state index in [1.54, 1.807) is 24.3 Å². The summed E-state index contributed by atoms with van der Waals surface area (Å²) in [6.45, 7) is 0.0608. The van der Waals surface area contributed by atoms with Crippen molar-refractivity contribution in [3.8, 4) is 5.75 Å². The van der Waals surface area contributed by atoms with E-state index in [1.807, 2.05) is 66.7 Å². The van der Waals surface area contributed by atoms with Crippen molar-refractivity contribution in [3.05, 3.63) is 134 Å². The molecule has 1 amide bonds. The lowest BCUT2D eigenvalue weighted by Crippen LogP contribution is -2.21. The number of amides is 1. The molecule has 1 aliphatic rings. The predicted octanol–water partition coefficient (Wildman–Crippen LogP) is 11.6. The number of aromatic nitrogens is 1. The lowest BCUT2D eigenvalue weighted by Gasteiger charge is -2.13. The Labute approximate surface area is 304 Å². The van der Waals surface area contributed by atoms with Crippen molar-refractivity contribution in [2.45, 2.75) is 6.61 Å². The summed E-state index contributed by atoms with van der Waals surface area (Å²) in [5.74, 6) is -0.367. The van der Waals surface area contributed by atoms with E-state index in [9.17, 15) is 9.90 Å². The maximum absolute atomic E-state index is 12.7. The third-order valence-corrected chi connectivity index (χ3v) is 10.1. The molecule has 7 aromatic rings. The monoisotopic (exact) mass is 738 g/mol. The minimum absolute atomic E-state index is 0.00175. The van der Waals surface area contributed by atoms with Gasteiger partial charge in [0.25, 0.3) is 5.91 Å². The van der Waals surface area contributed by atoms with Crippen molar-refractivity contribution >= 4 is 113 Å². The maximum atomic E-state index is 12.7. The molecule has 4 N–H and O–H groups in total. The number of hydrogen-bond donors (Lipinski definition) is 4. The first-order valence-electron chi connectivity index (χ1n) is 15.2. The van der Waals surface area contributed by atoms with Crippen molar-refractivity contribution < 1.29 is 14.7 Å². The Bertz CT molecular complexity index is 2570. The van der Waals surface area contributed by atoms with Gasteiger partial charge >= 0.3 is 0 Å². The van der Waals surface area contributed by atoms with E-state index >= 15 is 0 Å². The average Bonchev–Trinajstić information content (AvgIpc) is 3.67. The fourth-order valence-corrected chi connectivity index (χ4v) is 6.99. The summed E-state index contributed by atoms with van der Waals surface area (Å²) >= 11 is 25.2. The number of aromatic hydroxyl groups is 1. The molecule has 0 atom stereocenters. The average molecular weight is 740 g/mol. The fourth-order valence-electron chi connectivity index (χ4n) is 5.96. The van der Waals surface area contributed by atoms with Crippen LogP contribution in [0.2, 0.25) is 20.1 Å². The number of nitrogens with zero attached hydrogens (tertiary/aromatic N) is 3. The summed E-state index contributed by atoms with van der Waals surface area (Å²) in [6.07, 6.45) is 0. The van der Waals surface area contributed by atoms with Crippen LogP contribution in [0.4, 0.5) is 22.7 Å². The van der Waals surface area contributed by atoms with E-state index in [-0.39, 0.29) is 55.1 Å². The van der Waals surface area contributed by atoms with Crippen LogP contribution in [0.25, 0.3) is 32.6 Å². The molecule has 1 aromatic heterocycles. The van der Waals surface area contributed by atoms with Crippen LogP contribution in [0.1, 0.15) is 21.5 Å². The number of rotatable bonds is 7. The molecule has 2 heterocycles. The Morgan fingerprint density at radius 2 is 1.44 bits per heavy atom. The maximum Gasteiger partial charge on any atom is 0.259 e. The number of carbonyl (C=O) groups excluding carboxylic acids is 1. The van der Waals surface area contributed by atoms with E-state index in [2.05, 4.69) is 37.1 Å². The van der Waals surface area contributed by atoms with Gasteiger partial charge in [-0.1, -0.05) is 94.9 Å². The van der Waals surface area contributed by atoms with Crippen LogP contribution in [0, 0.1) is 0 Å². The third kappa shape index (κ3) is 5.59. The molecular weight excluding hydrogens is 718 g/mol. The van der Waals surface area contributed by atoms with Gasteiger partial charge in [-0.25, -0.2) is 4.99 Å². The van der Waals surface area contributed by atoms with Crippen molar-refractivity contribution in [1.82, 2.24) is 10.3 Å². The van der Waals surface area contributed by atoms with Gasteiger partial charge in [-0.2, -0.15) is 5.11 Å². The van der Waals surface area contributed by atoms with Crippen LogP contribution >= 0.6 is 46.4 Å². The molecule has 1 aliphatic heterocycles. The second-order valence-electron chi connectivity index (χ2n) is 11.4. The molecule has 0 aliphatic carbocycles. The van der Waals surface area contributed by atoms with Gasteiger partial charge in [-0.3, -0.25) is 15.1 Å². The Morgan fingerprint density at radius 3 is 2.22 bits per heavy atom. The third-order valence-electron chi connectivity index (χ3n) is 8.32. The van der Waals surface area contributed by atoms with E-state index in [1.165, 1.54) is 0 Å². The second kappa shape index (κ2) is 12.9. The van der Waals surface area contributed by atoms with E-state index in [4.69, 9.17) is 51.2 Å². The molecule has 0 unspecified atom stereocenters. The molecule has 0 radical (unpaired) electrons. The number of aromatic amines is 1. The number of amidine groups is 1. The lowest BCUT2D eigenvalue weighted by atomic mass is 10.0. The number of carbonyl (C=O) groups is 1. The van der Waals surface area contributed by atoms with Crippen molar-refractivity contribution in [3.63, 3.8) is 0 Å². The van der Waals surface area contributed by atoms with Gasteiger partial charge in [0.05, 0.1) is 53.8 Å². The normalized spacial score (nSPS) is 13.6. The van der Waals surface area contributed by atoms with Crippen molar-refractivity contribution in [1.29, 1.82) is 0 Å². The highest BCUT2D eigenvalue weighted by Crippen LogP contribution is 2.45. The highest BCUT2D eigenvalue weighted by Gasteiger charge is 2.34. The number of nitrogens with one attached hydrogen (secondary N) is 3. The molecule has 0 fully saturated rings. The Kier molecular flexibility index (Phi) is 8.30. The number of phenols is 1. The summed E-state index contributed by atoms with van der Waals surface area (Å²) in [7, 11) is 0. The molecule has 0 saturated heterocycles. The summed E-state index contributed by atoms with van der Waals surface area (Å²) in [5.41, 5.74) is 7.65. The number of hydrogen-bond acceptors (Lipinski definition) is 7. The first-order valence-corrected chi connectivity index (χ1v) is 16.7. The molecule has 13 heteroatoms. The fraction of sp³-hybridized carbons (Fsp3) is 0.0270.